The molecule has 1 unspecified atom stereocenters. The van der Waals surface area contributed by atoms with Gasteiger partial charge in [-0.15, -0.1) is 0 Å². The molecule has 4 rings (SSSR count). The van der Waals surface area contributed by atoms with Crippen molar-refractivity contribution in [3.63, 3.8) is 0 Å². The molecule has 162 valence electrons. The Balaban J connectivity index is 0.000000176. The summed E-state index contributed by atoms with van der Waals surface area (Å²) in [6, 6.07) is 14.6. The van der Waals surface area contributed by atoms with Crippen LogP contribution in [0.3, 0.4) is 0 Å². The molecule has 1 aliphatic rings. The Labute approximate surface area is 175 Å². The van der Waals surface area contributed by atoms with Gasteiger partial charge in [0, 0.05) is 23.4 Å². The number of para-hydroxylation sites is 1. The number of amides is 2. The molecule has 7 nitrogen and oxygen atoms in total. The highest BCUT2D eigenvalue weighted by Gasteiger charge is 2.30. The van der Waals surface area contributed by atoms with Crippen LogP contribution in [0.2, 0.25) is 0 Å². The smallest absolute Gasteiger partial charge is 0.416 e. The lowest BCUT2D eigenvalue weighted by Gasteiger charge is -2.24. The minimum atomic E-state index is -4.38. The number of ketones is 1. The lowest BCUT2D eigenvalue weighted by Crippen LogP contribution is -2.34. The van der Waals surface area contributed by atoms with Gasteiger partial charge in [-0.1, -0.05) is 12.1 Å². The zero-order chi connectivity index (χ0) is 22.4. The van der Waals surface area contributed by atoms with Gasteiger partial charge in [0.15, 0.2) is 5.78 Å². The van der Waals surface area contributed by atoms with E-state index in [0.717, 1.165) is 41.3 Å². The summed E-state index contributed by atoms with van der Waals surface area (Å²) in [5.41, 5.74) is 2.89. The van der Waals surface area contributed by atoms with Crippen LogP contribution in [0.1, 0.15) is 34.1 Å². The second-order valence-electron chi connectivity index (χ2n) is 6.56. The highest BCUT2D eigenvalue weighted by Crippen LogP contribution is 2.32. The fraction of sp³-hybridized carbons (Fsp3) is 0.143. The standard InChI is InChI=1S/C13H11NO2.C8H8F3N3O/c15-12-8-11(13-6-3-7-16-13)14-10-5-2-1-4-9(10)12;9-8(10,11)5-1-3-6(4-2-5)13-7(15)14-12/h1-7,11,14H,8H2;1-4H,12H2,(H2,13,14,15). The van der Waals surface area contributed by atoms with Crippen LogP contribution < -0.4 is 21.9 Å². The Kier molecular flexibility index (Phi) is 6.61. The van der Waals surface area contributed by atoms with Crippen molar-refractivity contribution in [3.8, 4) is 0 Å². The number of hydrogen-bond acceptors (Lipinski definition) is 5. The predicted octanol–water partition coefficient (Wildman–Crippen LogP) is 4.72. The Hall–Kier alpha value is -3.79. The zero-order valence-corrected chi connectivity index (χ0v) is 16.1. The van der Waals surface area contributed by atoms with E-state index in [2.05, 4.69) is 10.6 Å². The lowest BCUT2D eigenvalue weighted by molar-refractivity contribution is -0.137. The topological polar surface area (TPSA) is 109 Å². The number of benzene rings is 2. The quantitative estimate of drug-likeness (QED) is 0.266. The molecule has 1 aromatic heterocycles. The molecule has 1 atom stereocenters. The summed E-state index contributed by atoms with van der Waals surface area (Å²) in [4.78, 5) is 22.6. The van der Waals surface area contributed by atoms with E-state index in [9.17, 15) is 22.8 Å². The van der Waals surface area contributed by atoms with E-state index in [1.807, 2.05) is 36.4 Å². The molecule has 3 aromatic rings. The van der Waals surface area contributed by atoms with Crippen molar-refractivity contribution < 1.29 is 27.2 Å². The lowest BCUT2D eigenvalue weighted by atomic mass is 9.95. The van der Waals surface area contributed by atoms with Crippen molar-refractivity contribution in [3.05, 3.63) is 83.8 Å². The monoisotopic (exact) mass is 432 g/mol. The number of furan rings is 1. The second kappa shape index (κ2) is 9.35. The maximum absolute atomic E-state index is 12.1. The van der Waals surface area contributed by atoms with E-state index in [1.54, 1.807) is 11.7 Å². The first-order chi connectivity index (χ1) is 14.8. The van der Waals surface area contributed by atoms with E-state index in [4.69, 9.17) is 10.3 Å². The molecule has 0 radical (unpaired) electrons. The number of rotatable bonds is 2. The first kappa shape index (κ1) is 21.9. The van der Waals surface area contributed by atoms with E-state index in [0.29, 0.717) is 6.42 Å². The van der Waals surface area contributed by atoms with Gasteiger partial charge in [0.05, 0.1) is 17.9 Å². The molecule has 0 aliphatic carbocycles. The fourth-order valence-corrected chi connectivity index (χ4v) is 2.96. The predicted molar refractivity (Wildman–Crippen MR) is 108 cm³/mol. The second-order valence-corrected chi connectivity index (χ2v) is 6.56. The van der Waals surface area contributed by atoms with Crippen LogP contribution >= 0.6 is 0 Å². The maximum Gasteiger partial charge on any atom is 0.416 e. The molecule has 2 aromatic carbocycles. The Bertz CT molecular complexity index is 1030. The molecule has 5 N–H and O–H groups in total. The van der Waals surface area contributed by atoms with Gasteiger partial charge in [0.2, 0.25) is 0 Å². The van der Waals surface area contributed by atoms with Gasteiger partial charge in [0.1, 0.15) is 5.76 Å². The molecular formula is C21H19F3N4O3. The number of halogens is 3. The molecule has 0 bridgehead atoms. The van der Waals surface area contributed by atoms with Gasteiger partial charge in [-0.3, -0.25) is 10.2 Å². The van der Waals surface area contributed by atoms with Crippen molar-refractivity contribution >= 4 is 23.2 Å². The summed E-state index contributed by atoms with van der Waals surface area (Å²) in [7, 11) is 0. The van der Waals surface area contributed by atoms with Crippen LogP contribution in [0.4, 0.5) is 29.3 Å². The third-order valence-corrected chi connectivity index (χ3v) is 4.43. The van der Waals surface area contributed by atoms with Crippen LogP contribution in [-0.2, 0) is 6.18 Å². The van der Waals surface area contributed by atoms with Gasteiger partial charge in [-0.05, 0) is 48.5 Å². The Morgan fingerprint density at radius 2 is 1.77 bits per heavy atom. The van der Waals surface area contributed by atoms with Crippen LogP contribution in [0.5, 0.6) is 0 Å². The van der Waals surface area contributed by atoms with E-state index in [1.165, 1.54) is 0 Å². The van der Waals surface area contributed by atoms with Crippen LogP contribution in [0.15, 0.2) is 71.3 Å². The number of hydrogen-bond donors (Lipinski definition) is 4. The van der Waals surface area contributed by atoms with Crippen LogP contribution in [0, 0.1) is 0 Å². The zero-order valence-electron chi connectivity index (χ0n) is 16.1. The maximum atomic E-state index is 12.1. The number of urea groups is 1. The molecule has 31 heavy (non-hydrogen) atoms. The summed E-state index contributed by atoms with van der Waals surface area (Å²) in [5, 5.41) is 5.54. The normalized spacial score (nSPS) is 15.1. The fourth-order valence-electron chi connectivity index (χ4n) is 2.96. The highest BCUT2D eigenvalue weighted by molar-refractivity contribution is 6.03. The number of carbonyl (C=O) groups is 2. The van der Waals surface area contributed by atoms with Gasteiger partial charge in [0.25, 0.3) is 0 Å². The van der Waals surface area contributed by atoms with Gasteiger partial charge in [-0.2, -0.15) is 13.2 Å². The van der Waals surface area contributed by atoms with Crippen molar-refractivity contribution in [1.29, 1.82) is 0 Å². The summed E-state index contributed by atoms with van der Waals surface area (Å²) in [6.07, 6.45) is -2.30. The van der Waals surface area contributed by atoms with E-state index >= 15 is 0 Å². The Morgan fingerprint density at radius 1 is 1.06 bits per heavy atom. The summed E-state index contributed by atoms with van der Waals surface area (Å²) in [6.45, 7) is 0. The molecule has 0 fully saturated rings. The van der Waals surface area contributed by atoms with Gasteiger partial charge in [-0.25, -0.2) is 10.6 Å². The number of hydrazine groups is 1. The largest absolute Gasteiger partial charge is 0.467 e. The number of nitrogens with one attached hydrogen (secondary N) is 3. The minimum Gasteiger partial charge on any atom is -0.467 e. The number of Topliss-reactive ketones (excluding diaryl/α,β-unsaturated/α-hetero) is 1. The summed E-state index contributed by atoms with van der Waals surface area (Å²) >= 11 is 0. The summed E-state index contributed by atoms with van der Waals surface area (Å²) < 4.78 is 41.7. The average Bonchev–Trinajstić information content (AvgIpc) is 3.29. The number of alkyl halides is 3. The SMILES string of the molecule is NNC(=O)Nc1ccc(C(F)(F)F)cc1.O=C1CC(c2ccco2)Nc2ccccc21. The molecule has 0 saturated heterocycles. The van der Waals surface area contributed by atoms with E-state index < -0.39 is 17.8 Å². The van der Waals surface area contributed by atoms with Gasteiger partial charge >= 0.3 is 12.2 Å². The average molecular weight is 432 g/mol. The van der Waals surface area contributed by atoms with Crippen molar-refractivity contribution in [2.75, 3.05) is 10.6 Å². The summed E-state index contributed by atoms with van der Waals surface area (Å²) in [5.74, 6) is 5.75. The minimum absolute atomic E-state index is 0.0441. The number of nitrogens with two attached hydrogens (primary N) is 1. The third-order valence-electron chi connectivity index (χ3n) is 4.43. The van der Waals surface area contributed by atoms with Crippen LogP contribution in [-0.4, -0.2) is 11.8 Å². The molecule has 2 amide bonds. The molecule has 0 spiro atoms. The van der Waals surface area contributed by atoms with Crippen molar-refractivity contribution in [1.82, 2.24) is 5.43 Å². The van der Waals surface area contributed by atoms with Crippen molar-refractivity contribution in [2.45, 2.75) is 18.6 Å². The third kappa shape index (κ3) is 5.64. The van der Waals surface area contributed by atoms with Crippen molar-refractivity contribution in [2.24, 2.45) is 5.84 Å². The van der Waals surface area contributed by atoms with Gasteiger partial charge < -0.3 is 15.1 Å². The molecule has 2 heterocycles. The Morgan fingerprint density at radius 3 is 2.39 bits per heavy atom. The highest BCUT2D eigenvalue weighted by atomic mass is 19.4. The molecular weight excluding hydrogens is 413 g/mol. The first-order valence-electron chi connectivity index (χ1n) is 9.15. The number of fused-ring (bicyclic) bond motifs is 1. The number of anilines is 2. The first-order valence-corrected chi connectivity index (χ1v) is 9.15. The van der Waals surface area contributed by atoms with Crippen LogP contribution in [0.25, 0.3) is 0 Å². The molecule has 1 aliphatic heterocycles. The number of carbonyl (C=O) groups excluding carboxylic acids is 2. The molecule has 10 heteroatoms. The molecule has 0 saturated carbocycles. The van der Waals surface area contributed by atoms with E-state index in [-0.39, 0.29) is 17.5 Å².